The van der Waals surface area contributed by atoms with Crippen molar-refractivity contribution in [3.63, 3.8) is 0 Å². The highest BCUT2D eigenvalue weighted by Gasteiger charge is 2.27. The summed E-state index contributed by atoms with van der Waals surface area (Å²) in [6.45, 7) is 4.87. The van der Waals surface area contributed by atoms with E-state index in [9.17, 15) is 19.4 Å². The van der Waals surface area contributed by atoms with E-state index in [4.69, 9.17) is 9.05 Å². The number of phosphoric ester groups is 1. The van der Waals surface area contributed by atoms with Gasteiger partial charge in [-0.15, -0.1) is 0 Å². The molecule has 400 valence electrons. The van der Waals surface area contributed by atoms with Crippen LogP contribution in [0.3, 0.4) is 0 Å². The van der Waals surface area contributed by atoms with Crippen molar-refractivity contribution in [1.82, 2.24) is 5.32 Å². The number of nitrogens with one attached hydrogen (secondary N) is 1. The standard InChI is InChI=1S/C58H117N2O6P/c1-6-8-10-12-14-16-18-20-22-24-26-28-29-30-32-34-36-38-40-42-44-46-48-50-52-58(62)59-56(55-66-67(63,64)65-54-53-60(3,4)5)57(61)51-49-47-45-43-41-39-37-35-33-31-27-25-23-21-19-17-15-13-11-9-7-2/h49,51,56-57,61H,6-48,50,52-55H2,1-5H3,(H-,59,62,63,64)/p+1/b51-49+. The van der Waals surface area contributed by atoms with Crippen LogP contribution < -0.4 is 5.32 Å². The number of allylic oxidation sites excluding steroid dienone is 1. The van der Waals surface area contributed by atoms with Crippen LogP contribution in [0.4, 0.5) is 0 Å². The van der Waals surface area contributed by atoms with Gasteiger partial charge in [0.25, 0.3) is 0 Å². The van der Waals surface area contributed by atoms with E-state index in [1.165, 1.54) is 250 Å². The van der Waals surface area contributed by atoms with Crippen LogP contribution in [0.5, 0.6) is 0 Å². The number of hydrogen-bond acceptors (Lipinski definition) is 5. The number of hydrogen-bond donors (Lipinski definition) is 3. The zero-order valence-corrected chi connectivity index (χ0v) is 46.6. The second-order valence-corrected chi connectivity index (χ2v) is 23.2. The highest BCUT2D eigenvalue weighted by atomic mass is 31.2. The summed E-state index contributed by atoms with van der Waals surface area (Å²) in [6, 6.07) is -0.842. The quantitative estimate of drug-likeness (QED) is 0.0243. The molecule has 0 heterocycles. The smallest absolute Gasteiger partial charge is 0.387 e. The fourth-order valence-electron chi connectivity index (χ4n) is 9.10. The van der Waals surface area contributed by atoms with Gasteiger partial charge in [0.2, 0.25) is 5.91 Å². The molecule has 3 N–H and O–H groups in total. The van der Waals surface area contributed by atoms with Crippen molar-refractivity contribution in [3.8, 4) is 0 Å². The molecule has 1 amide bonds. The molecule has 3 atom stereocenters. The lowest BCUT2D eigenvalue weighted by atomic mass is 10.0. The summed E-state index contributed by atoms with van der Waals surface area (Å²) < 4.78 is 23.7. The lowest BCUT2D eigenvalue weighted by molar-refractivity contribution is -0.870. The fourth-order valence-corrected chi connectivity index (χ4v) is 9.84. The minimum atomic E-state index is -4.34. The van der Waals surface area contributed by atoms with Crippen molar-refractivity contribution in [2.45, 2.75) is 315 Å². The first kappa shape index (κ1) is 66.2. The molecule has 0 aromatic rings. The van der Waals surface area contributed by atoms with Gasteiger partial charge in [0.1, 0.15) is 13.2 Å². The van der Waals surface area contributed by atoms with Gasteiger partial charge in [0.05, 0.1) is 39.9 Å². The topological polar surface area (TPSA) is 105 Å². The van der Waals surface area contributed by atoms with E-state index in [0.717, 1.165) is 32.1 Å². The lowest BCUT2D eigenvalue weighted by Crippen LogP contribution is -2.45. The minimum Gasteiger partial charge on any atom is -0.387 e. The molecular weight excluding hydrogens is 852 g/mol. The van der Waals surface area contributed by atoms with E-state index < -0.39 is 20.0 Å². The summed E-state index contributed by atoms with van der Waals surface area (Å²) in [5.74, 6) is -0.169. The predicted octanol–water partition coefficient (Wildman–Crippen LogP) is 17.8. The Labute approximate surface area is 418 Å². The number of carbonyl (C=O) groups is 1. The highest BCUT2D eigenvalue weighted by Crippen LogP contribution is 2.43. The van der Waals surface area contributed by atoms with Crippen LogP contribution in [-0.4, -0.2) is 73.4 Å². The molecule has 0 aliphatic heterocycles. The van der Waals surface area contributed by atoms with Gasteiger partial charge >= 0.3 is 7.82 Å². The van der Waals surface area contributed by atoms with Crippen molar-refractivity contribution >= 4 is 13.7 Å². The lowest BCUT2D eigenvalue weighted by Gasteiger charge is -2.25. The maximum Gasteiger partial charge on any atom is 0.472 e. The molecule has 0 radical (unpaired) electrons. The summed E-state index contributed by atoms with van der Waals surface area (Å²) in [7, 11) is 1.59. The van der Waals surface area contributed by atoms with Crippen molar-refractivity contribution in [1.29, 1.82) is 0 Å². The summed E-state index contributed by atoms with van der Waals surface area (Å²) in [6.07, 6.45) is 61.7. The van der Waals surface area contributed by atoms with Crippen LogP contribution in [0, 0.1) is 0 Å². The molecule has 0 aromatic heterocycles. The second kappa shape index (κ2) is 50.2. The number of nitrogens with zero attached hydrogens (tertiary/aromatic N) is 1. The number of amides is 1. The molecule has 0 spiro atoms. The molecule has 0 aliphatic carbocycles. The third-order valence-electron chi connectivity index (χ3n) is 13.8. The van der Waals surface area contributed by atoms with Gasteiger partial charge in [-0.25, -0.2) is 4.57 Å². The van der Waals surface area contributed by atoms with Crippen molar-refractivity contribution < 1.29 is 32.9 Å². The summed E-state index contributed by atoms with van der Waals surface area (Å²) in [5.41, 5.74) is 0. The van der Waals surface area contributed by atoms with E-state index >= 15 is 0 Å². The molecular formula is C58H118N2O6P+. The number of carbonyl (C=O) groups excluding carboxylic acids is 1. The average molecular weight is 971 g/mol. The summed E-state index contributed by atoms with van der Waals surface area (Å²) in [5, 5.41) is 14.0. The minimum absolute atomic E-state index is 0.0652. The van der Waals surface area contributed by atoms with E-state index in [1.54, 1.807) is 6.08 Å². The zero-order valence-electron chi connectivity index (χ0n) is 45.7. The average Bonchev–Trinajstić information content (AvgIpc) is 3.29. The summed E-state index contributed by atoms with van der Waals surface area (Å²) >= 11 is 0. The van der Waals surface area contributed by atoms with Crippen molar-refractivity contribution in [2.24, 2.45) is 0 Å². The Morgan fingerprint density at radius 1 is 0.493 bits per heavy atom. The Morgan fingerprint density at radius 3 is 1.10 bits per heavy atom. The molecule has 67 heavy (non-hydrogen) atoms. The molecule has 0 aliphatic rings. The first-order valence-corrected chi connectivity index (χ1v) is 31.1. The number of phosphoric acid groups is 1. The second-order valence-electron chi connectivity index (χ2n) is 21.7. The van der Waals surface area contributed by atoms with Crippen molar-refractivity contribution in [2.75, 3.05) is 40.9 Å². The van der Waals surface area contributed by atoms with Crippen LogP contribution in [0.25, 0.3) is 0 Å². The van der Waals surface area contributed by atoms with E-state index in [0.29, 0.717) is 17.4 Å². The Balaban J connectivity index is 4.16. The first-order valence-electron chi connectivity index (χ1n) is 29.6. The van der Waals surface area contributed by atoms with Crippen molar-refractivity contribution in [3.05, 3.63) is 12.2 Å². The number of unbranched alkanes of at least 4 members (excludes halogenated alkanes) is 42. The molecule has 3 unspecified atom stereocenters. The summed E-state index contributed by atoms with van der Waals surface area (Å²) in [4.78, 5) is 23.3. The first-order chi connectivity index (χ1) is 32.5. The van der Waals surface area contributed by atoms with Gasteiger partial charge in [-0.05, 0) is 19.3 Å². The number of aliphatic hydroxyl groups is 1. The number of likely N-dealkylation sites (N-methyl/N-ethyl adjacent to an activating group) is 1. The number of aliphatic hydroxyl groups excluding tert-OH is 1. The Kier molecular flexibility index (Phi) is 49.6. The molecule has 8 nitrogen and oxygen atoms in total. The number of quaternary nitrogens is 1. The van der Waals surface area contributed by atoms with Gasteiger partial charge in [0, 0.05) is 6.42 Å². The van der Waals surface area contributed by atoms with Gasteiger partial charge < -0.3 is 19.8 Å². The maximum absolute atomic E-state index is 13.0. The van der Waals surface area contributed by atoms with Gasteiger partial charge in [-0.3, -0.25) is 13.8 Å². The van der Waals surface area contributed by atoms with Crippen LogP contribution >= 0.6 is 7.82 Å². The Morgan fingerprint density at radius 2 is 0.791 bits per heavy atom. The molecule has 0 aromatic carbocycles. The molecule has 0 saturated carbocycles. The SMILES string of the molecule is CCCCCCCCCCCCCCCCCCCCC/C=C/C(O)C(COP(=O)(O)OCC[N+](C)(C)C)NC(=O)CCCCCCCCCCCCCCCCCCCCCCCCCC. The molecule has 0 fully saturated rings. The largest absolute Gasteiger partial charge is 0.472 e. The predicted molar refractivity (Wildman–Crippen MR) is 291 cm³/mol. The Hall–Kier alpha value is -0.760. The van der Waals surface area contributed by atoms with Crippen LogP contribution in [0.15, 0.2) is 12.2 Å². The van der Waals surface area contributed by atoms with Gasteiger partial charge in [-0.1, -0.05) is 289 Å². The molecule has 0 bridgehead atoms. The zero-order chi connectivity index (χ0) is 49.2. The van der Waals surface area contributed by atoms with Crippen LogP contribution in [-0.2, 0) is 18.4 Å². The normalized spacial score (nSPS) is 14.0. The third kappa shape index (κ3) is 52.9. The molecule has 0 saturated heterocycles. The monoisotopic (exact) mass is 970 g/mol. The molecule has 0 rings (SSSR count). The maximum atomic E-state index is 13.0. The van der Waals surface area contributed by atoms with Crippen LogP contribution in [0.2, 0.25) is 0 Å². The molecule has 9 heteroatoms. The third-order valence-corrected chi connectivity index (χ3v) is 14.7. The van der Waals surface area contributed by atoms with E-state index in [2.05, 4.69) is 19.2 Å². The fraction of sp³-hybridized carbons (Fsp3) is 0.948. The highest BCUT2D eigenvalue weighted by molar-refractivity contribution is 7.47. The van der Waals surface area contributed by atoms with Crippen LogP contribution in [0.1, 0.15) is 303 Å². The van der Waals surface area contributed by atoms with E-state index in [-0.39, 0.29) is 19.1 Å². The number of rotatable bonds is 55. The Bertz CT molecular complexity index is 1100. The van der Waals surface area contributed by atoms with E-state index in [1.807, 2.05) is 27.2 Å². The van der Waals surface area contributed by atoms with Gasteiger partial charge in [-0.2, -0.15) is 0 Å². The van der Waals surface area contributed by atoms with Gasteiger partial charge in [0.15, 0.2) is 0 Å².